The second kappa shape index (κ2) is 3.84. The number of nitrogens with two attached hydrogens (primary N) is 2. The third kappa shape index (κ3) is 2.44. The first-order valence-corrected chi connectivity index (χ1v) is 4.05. The van der Waals surface area contributed by atoms with Crippen LogP contribution in [0.15, 0.2) is 0 Å². The van der Waals surface area contributed by atoms with Crippen LogP contribution in [0, 0.1) is 0 Å². The van der Waals surface area contributed by atoms with Gasteiger partial charge >= 0.3 is 0 Å². The molecule has 0 aromatic carbocycles. The van der Waals surface area contributed by atoms with E-state index in [1.54, 1.807) is 0 Å². The molecule has 2 atom stereocenters. The third-order valence-corrected chi connectivity index (χ3v) is 2.07. The fourth-order valence-corrected chi connectivity index (χ4v) is 1.35. The predicted octanol–water partition coefficient (Wildman–Crippen LogP) is -2.13. The molecule has 0 aromatic heterocycles. The van der Waals surface area contributed by atoms with Crippen molar-refractivity contribution in [3.05, 3.63) is 0 Å². The smallest absolute Gasteiger partial charge is 0.235 e. The minimum atomic E-state index is -0.615. The molecule has 1 fully saturated rings. The van der Waals surface area contributed by atoms with Crippen LogP contribution in [0.25, 0.3) is 0 Å². The molecule has 1 aliphatic rings. The molecule has 1 saturated heterocycles. The van der Waals surface area contributed by atoms with E-state index < -0.39 is 11.9 Å². The molecule has 5 heteroatoms. The minimum absolute atomic E-state index is 0.273. The predicted molar refractivity (Wildman–Crippen MR) is 44.2 cm³/mol. The summed E-state index contributed by atoms with van der Waals surface area (Å²) in [7, 11) is 0. The molecule has 0 aliphatic carbocycles. The number of nitrogens with zero attached hydrogens (tertiary/aromatic N) is 1. The fourth-order valence-electron chi connectivity index (χ4n) is 1.35. The largest absolute Gasteiger partial charge is 0.392 e. The Morgan fingerprint density at radius 2 is 2.42 bits per heavy atom. The number of β-amino-alcohol motifs (C(OH)–C–C–N with tert-alkyl or cyclic N) is 1. The second-order valence-electron chi connectivity index (χ2n) is 3.21. The van der Waals surface area contributed by atoms with Gasteiger partial charge < -0.3 is 16.6 Å². The van der Waals surface area contributed by atoms with E-state index in [1.807, 2.05) is 4.90 Å². The van der Waals surface area contributed by atoms with E-state index in [4.69, 9.17) is 16.6 Å². The summed E-state index contributed by atoms with van der Waals surface area (Å²) < 4.78 is 0. The molecule has 0 aromatic rings. The molecule has 1 aliphatic heterocycles. The highest BCUT2D eigenvalue weighted by atomic mass is 16.3. The number of primary amides is 1. The number of aliphatic hydroxyl groups excluding tert-OH is 1. The van der Waals surface area contributed by atoms with Crippen molar-refractivity contribution in [3.63, 3.8) is 0 Å². The molecular weight excluding hydrogens is 158 g/mol. The molecule has 1 heterocycles. The molecule has 5 nitrogen and oxygen atoms in total. The zero-order valence-electron chi connectivity index (χ0n) is 6.94. The van der Waals surface area contributed by atoms with Gasteiger partial charge in [0.2, 0.25) is 5.91 Å². The van der Waals surface area contributed by atoms with Crippen molar-refractivity contribution in [3.8, 4) is 0 Å². The van der Waals surface area contributed by atoms with Crippen molar-refractivity contribution in [2.75, 3.05) is 19.6 Å². The van der Waals surface area contributed by atoms with E-state index in [1.165, 1.54) is 0 Å². The number of amides is 1. The maximum Gasteiger partial charge on any atom is 0.235 e. The summed E-state index contributed by atoms with van der Waals surface area (Å²) in [5.41, 5.74) is 10.4. The Kier molecular flexibility index (Phi) is 3.02. The quantitative estimate of drug-likeness (QED) is 0.454. The molecule has 2 unspecified atom stereocenters. The first kappa shape index (κ1) is 9.44. The summed E-state index contributed by atoms with van der Waals surface area (Å²) in [4.78, 5) is 12.5. The van der Waals surface area contributed by atoms with Gasteiger partial charge in [-0.15, -0.1) is 0 Å². The van der Waals surface area contributed by atoms with Crippen molar-refractivity contribution >= 4 is 5.91 Å². The molecule has 1 amide bonds. The summed E-state index contributed by atoms with van der Waals surface area (Å²) in [5.74, 6) is -0.489. The van der Waals surface area contributed by atoms with Crippen LogP contribution < -0.4 is 11.5 Å². The Balaban J connectivity index is 2.27. The molecule has 0 spiro atoms. The van der Waals surface area contributed by atoms with Crippen LogP contribution in [0.1, 0.15) is 6.42 Å². The molecule has 1 rings (SSSR count). The number of likely N-dealkylation sites (tertiary alicyclic amines) is 1. The van der Waals surface area contributed by atoms with Gasteiger partial charge in [0.1, 0.15) is 0 Å². The topological polar surface area (TPSA) is 92.6 Å². The average Bonchev–Trinajstić information content (AvgIpc) is 2.35. The van der Waals surface area contributed by atoms with E-state index in [-0.39, 0.29) is 6.10 Å². The summed E-state index contributed by atoms with van der Waals surface area (Å²) in [6.45, 7) is 1.84. The average molecular weight is 173 g/mol. The highest BCUT2D eigenvalue weighted by Gasteiger charge is 2.23. The molecule has 70 valence electrons. The summed E-state index contributed by atoms with van der Waals surface area (Å²) >= 11 is 0. The Morgan fingerprint density at radius 3 is 2.83 bits per heavy atom. The van der Waals surface area contributed by atoms with E-state index in [0.29, 0.717) is 13.1 Å². The zero-order chi connectivity index (χ0) is 9.14. The molecule has 0 saturated carbocycles. The van der Waals surface area contributed by atoms with Crippen LogP contribution in [0.2, 0.25) is 0 Å². The van der Waals surface area contributed by atoms with Crippen molar-refractivity contribution in [1.82, 2.24) is 4.90 Å². The highest BCUT2D eigenvalue weighted by molar-refractivity contribution is 5.79. The lowest BCUT2D eigenvalue weighted by molar-refractivity contribution is -0.119. The number of hydrogen-bond acceptors (Lipinski definition) is 4. The Bertz CT molecular complexity index is 174. The van der Waals surface area contributed by atoms with E-state index >= 15 is 0 Å². The van der Waals surface area contributed by atoms with E-state index in [2.05, 4.69) is 0 Å². The molecular formula is C7H15N3O2. The first-order valence-electron chi connectivity index (χ1n) is 4.05. The van der Waals surface area contributed by atoms with Gasteiger partial charge in [0.05, 0.1) is 12.1 Å². The molecule has 12 heavy (non-hydrogen) atoms. The number of carbonyl (C=O) groups is 1. The van der Waals surface area contributed by atoms with Gasteiger partial charge in [-0.05, 0) is 6.42 Å². The monoisotopic (exact) mass is 173 g/mol. The van der Waals surface area contributed by atoms with Crippen LogP contribution in [-0.4, -0.2) is 47.7 Å². The van der Waals surface area contributed by atoms with Crippen molar-refractivity contribution in [1.29, 1.82) is 0 Å². The number of carbonyl (C=O) groups excluding carboxylic acids is 1. The lowest BCUT2D eigenvalue weighted by atomic mass is 10.3. The van der Waals surface area contributed by atoms with Crippen LogP contribution >= 0.6 is 0 Å². The lowest BCUT2D eigenvalue weighted by Crippen LogP contribution is -2.45. The maximum atomic E-state index is 10.6. The van der Waals surface area contributed by atoms with Crippen molar-refractivity contribution in [2.45, 2.75) is 18.6 Å². The number of aliphatic hydroxyl groups is 1. The Morgan fingerprint density at radius 1 is 1.75 bits per heavy atom. The van der Waals surface area contributed by atoms with Gasteiger partial charge in [-0.2, -0.15) is 0 Å². The van der Waals surface area contributed by atoms with Gasteiger partial charge in [0.25, 0.3) is 0 Å². The van der Waals surface area contributed by atoms with Crippen LogP contribution in [-0.2, 0) is 4.79 Å². The van der Waals surface area contributed by atoms with Crippen LogP contribution in [0.3, 0.4) is 0 Å². The first-order chi connectivity index (χ1) is 5.59. The molecule has 0 bridgehead atoms. The maximum absolute atomic E-state index is 10.6. The Labute approximate surface area is 71.3 Å². The van der Waals surface area contributed by atoms with Gasteiger partial charge in [-0.3, -0.25) is 9.69 Å². The zero-order valence-corrected chi connectivity index (χ0v) is 6.94. The summed E-state index contributed by atoms with van der Waals surface area (Å²) in [6.07, 6.45) is 0.482. The number of hydrogen-bond donors (Lipinski definition) is 3. The van der Waals surface area contributed by atoms with E-state index in [0.717, 1.165) is 13.0 Å². The standard InChI is InChI=1S/C7H15N3O2/c8-6(7(9)12)4-10-2-1-5(11)3-10/h5-6,11H,1-4,8H2,(H2,9,12). The second-order valence-corrected chi connectivity index (χ2v) is 3.21. The fraction of sp³-hybridized carbons (Fsp3) is 0.857. The SMILES string of the molecule is NC(=O)C(N)CN1CCC(O)C1. The van der Waals surface area contributed by atoms with E-state index in [9.17, 15) is 4.79 Å². The van der Waals surface area contributed by atoms with Gasteiger partial charge in [-0.25, -0.2) is 0 Å². The summed E-state index contributed by atoms with van der Waals surface area (Å²) in [6, 6.07) is -0.615. The van der Waals surface area contributed by atoms with Gasteiger partial charge in [-0.1, -0.05) is 0 Å². The van der Waals surface area contributed by atoms with Gasteiger partial charge in [0.15, 0.2) is 0 Å². The third-order valence-electron chi connectivity index (χ3n) is 2.07. The minimum Gasteiger partial charge on any atom is -0.392 e. The number of rotatable bonds is 3. The van der Waals surface area contributed by atoms with Crippen molar-refractivity contribution in [2.24, 2.45) is 11.5 Å². The molecule has 0 radical (unpaired) electrons. The van der Waals surface area contributed by atoms with Crippen LogP contribution in [0.4, 0.5) is 0 Å². The molecule has 5 N–H and O–H groups in total. The van der Waals surface area contributed by atoms with Gasteiger partial charge in [0, 0.05) is 19.6 Å². The normalized spacial score (nSPS) is 27.3. The van der Waals surface area contributed by atoms with Crippen molar-refractivity contribution < 1.29 is 9.90 Å². The Hall–Kier alpha value is -0.650. The van der Waals surface area contributed by atoms with Crippen LogP contribution in [0.5, 0.6) is 0 Å². The lowest BCUT2D eigenvalue weighted by Gasteiger charge is -2.17. The summed E-state index contributed by atoms with van der Waals surface area (Å²) in [5, 5.41) is 9.15. The highest BCUT2D eigenvalue weighted by Crippen LogP contribution is 2.07.